The summed E-state index contributed by atoms with van der Waals surface area (Å²) in [6.45, 7) is 2.17. The molecule has 2 amide bonds. The number of amides is 2. The molecule has 4 heteroatoms. The van der Waals surface area contributed by atoms with Crippen molar-refractivity contribution >= 4 is 38.3 Å². The quantitative estimate of drug-likeness (QED) is 0.397. The Bertz CT molecular complexity index is 1070. The second-order valence-corrected chi connectivity index (χ2v) is 7.35. The number of rotatable bonds is 6. The maximum Gasteiger partial charge on any atom is 0.315 e. The van der Waals surface area contributed by atoms with Gasteiger partial charge in [0.25, 0.3) is 0 Å². The van der Waals surface area contributed by atoms with Crippen LogP contribution >= 0.6 is 0 Å². The highest BCUT2D eigenvalue weighted by molar-refractivity contribution is 6.23. The van der Waals surface area contributed by atoms with Crippen LogP contribution in [0.25, 0.3) is 32.3 Å². The predicted octanol–water partition coefficient (Wildman–Crippen LogP) is 4.33. The van der Waals surface area contributed by atoms with Crippen LogP contribution in [0.3, 0.4) is 0 Å². The van der Waals surface area contributed by atoms with Gasteiger partial charge in [0.1, 0.15) is 0 Å². The Morgan fingerprint density at radius 3 is 2.26 bits per heavy atom. The zero-order valence-electron chi connectivity index (χ0n) is 15.9. The Hall–Kier alpha value is -2.85. The topological polar surface area (TPSA) is 44.4 Å². The second-order valence-electron chi connectivity index (χ2n) is 7.35. The average molecular weight is 359 g/mol. The van der Waals surface area contributed by atoms with Gasteiger partial charge in [-0.15, -0.1) is 0 Å². The van der Waals surface area contributed by atoms with E-state index in [9.17, 15) is 4.79 Å². The van der Waals surface area contributed by atoms with Crippen LogP contribution in [0, 0.1) is 0 Å². The molecule has 0 fully saturated rings. The second kappa shape index (κ2) is 7.41. The zero-order valence-corrected chi connectivity index (χ0v) is 15.9. The predicted molar refractivity (Wildman–Crippen MR) is 114 cm³/mol. The van der Waals surface area contributed by atoms with Gasteiger partial charge in [-0.2, -0.15) is 0 Å². The maximum absolute atomic E-state index is 12.1. The molecule has 0 heterocycles. The van der Waals surface area contributed by atoms with E-state index in [0.29, 0.717) is 13.1 Å². The molecule has 4 nitrogen and oxygen atoms in total. The summed E-state index contributed by atoms with van der Waals surface area (Å²) >= 11 is 0. The van der Waals surface area contributed by atoms with Crippen molar-refractivity contribution in [3.05, 3.63) is 60.2 Å². The van der Waals surface area contributed by atoms with Gasteiger partial charge >= 0.3 is 6.03 Å². The van der Waals surface area contributed by atoms with E-state index in [4.69, 9.17) is 0 Å². The SMILES string of the molecule is CN(C)CCCNC(=O)NCc1ccc2ccc3cccc4ccc1c2c34. The molecular weight excluding hydrogens is 334 g/mol. The molecule has 0 atom stereocenters. The van der Waals surface area contributed by atoms with Crippen LogP contribution in [0.1, 0.15) is 12.0 Å². The number of nitrogens with one attached hydrogen (secondary N) is 2. The van der Waals surface area contributed by atoms with Crippen molar-refractivity contribution in [1.82, 2.24) is 15.5 Å². The van der Waals surface area contributed by atoms with Crippen LogP contribution in [0.15, 0.2) is 54.6 Å². The van der Waals surface area contributed by atoms with Gasteiger partial charge in [0.2, 0.25) is 0 Å². The van der Waals surface area contributed by atoms with E-state index in [2.05, 4.69) is 70.1 Å². The third-order valence-corrected chi connectivity index (χ3v) is 5.13. The van der Waals surface area contributed by atoms with Gasteiger partial charge in [0, 0.05) is 13.1 Å². The fourth-order valence-corrected chi connectivity index (χ4v) is 3.79. The van der Waals surface area contributed by atoms with Gasteiger partial charge in [-0.1, -0.05) is 54.6 Å². The van der Waals surface area contributed by atoms with Crippen molar-refractivity contribution in [3.8, 4) is 0 Å². The lowest BCUT2D eigenvalue weighted by molar-refractivity contribution is 0.240. The van der Waals surface area contributed by atoms with Crippen molar-refractivity contribution in [3.63, 3.8) is 0 Å². The molecule has 4 aromatic carbocycles. The first-order chi connectivity index (χ1) is 13.1. The number of urea groups is 1. The Morgan fingerprint density at radius 2 is 1.52 bits per heavy atom. The molecule has 0 spiro atoms. The smallest absolute Gasteiger partial charge is 0.315 e. The van der Waals surface area contributed by atoms with Crippen LogP contribution in [-0.2, 0) is 6.54 Å². The molecule has 0 aliphatic heterocycles. The highest BCUT2D eigenvalue weighted by Crippen LogP contribution is 2.35. The minimum atomic E-state index is -0.112. The van der Waals surface area contributed by atoms with E-state index in [1.807, 2.05) is 14.1 Å². The highest BCUT2D eigenvalue weighted by atomic mass is 16.2. The van der Waals surface area contributed by atoms with E-state index in [-0.39, 0.29) is 6.03 Å². The van der Waals surface area contributed by atoms with E-state index >= 15 is 0 Å². The molecule has 0 aliphatic carbocycles. The summed E-state index contributed by atoms with van der Waals surface area (Å²) in [6.07, 6.45) is 0.944. The average Bonchev–Trinajstić information content (AvgIpc) is 2.68. The van der Waals surface area contributed by atoms with Crippen molar-refractivity contribution < 1.29 is 4.79 Å². The number of hydrogen-bond donors (Lipinski definition) is 2. The molecule has 2 N–H and O–H groups in total. The van der Waals surface area contributed by atoms with Gasteiger partial charge in [-0.3, -0.25) is 0 Å². The Morgan fingerprint density at radius 1 is 0.852 bits per heavy atom. The fraction of sp³-hybridized carbons (Fsp3) is 0.261. The van der Waals surface area contributed by atoms with Crippen LogP contribution < -0.4 is 10.6 Å². The molecule has 0 aromatic heterocycles. The summed E-state index contributed by atoms with van der Waals surface area (Å²) in [5, 5.41) is 13.5. The zero-order chi connectivity index (χ0) is 18.8. The van der Waals surface area contributed by atoms with Crippen molar-refractivity contribution in [1.29, 1.82) is 0 Å². The minimum absolute atomic E-state index is 0.112. The lowest BCUT2D eigenvalue weighted by atomic mass is 9.92. The largest absolute Gasteiger partial charge is 0.338 e. The molecule has 4 rings (SSSR count). The fourth-order valence-electron chi connectivity index (χ4n) is 3.79. The number of nitrogens with zero attached hydrogens (tertiary/aromatic N) is 1. The summed E-state index contributed by atoms with van der Waals surface area (Å²) < 4.78 is 0. The van der Waals surface area contributed by atoms with Gasteiger partial charge < -0.3 is 15.5 Å². The third kappa shape index (κ3) is 3.53. The highest BCUT2D eigenvalue weighted by Gasteiger charge is 2.11. The minimum Gasteiger partial charge on any atom is -0.338 e. The molecule has 0 radical (unpaired) electrons. The molecule has 0 saturated carbocycles. The maximum atomic E-state index is 12.1. The van der Waals surface area contributed by atoms with Gasteiger partial charge in [-0.25, -0.2) is 4.79 Å². The monoisotopic (exact) mass is 359 g/mol. The van der Waals surface area contributed by atoms with Crippen LogP contribution in [0.4, 0.5) is 4.79 Å². The summed E-state index contributed by atoms with van der Waals surface area (Å²) in [5.74, 6) is 0. The van der Waals surface area contributed by atoms with E-state index in [1.54, 1.807) is 0 Å². The Kier molecular flexibility index (Phi) is 4.82. The summed E-state index contributed by atoms with van der Waals surface area (Å²) in [6, 6.07) is 19.3. The first kappa shape index (κ1) is 17.6. The summed E-state index contributed by atoms with van der Waals surface area (Å²) in [7, 11) is 4.07. The van der Waals surface area contributed by atoms with Crippen molar-refractivity contribution in [2.75, 3.05) is 27.2 Å². The van der Waals surface area contributed by atoms with Gasteiger partial charge in [0.05, 0.1) is 0 Å². The molecular formula is C23H25N3O. The van der Waals surface area contributed by atoms with E-state index in [1.165, 1.54) is 32.3 Å². The molecule has 27 heavy (non-hydrogen) atoms. The normalized spacial score (nSPS) is 11.7. The number of carbonyl (C=O) groups excluding carboxylic acids is 1. The molecule has 0 saturated heterocycles. The Balaban J connectivity index is 1.55. The van der Waals surface area contributed by atoms with Crippen LogP contribution in [-0.4, -0.2) is 38.1 Å². The number of benzene rings is 4. The van der Waals surface area contributed by atoms with Crippen molar-refractivity contribution in [2.24, 2.45) is 0 Å². The Labute approximate surface area is 159 Å². The molecule has 138 valence electrons. The summed E-state index contributed by atoms with van der Waals surface area (Å²) in [4.78, 5) is 14.2. The van der Waals surface area contributed by atoms with E-state index < -0.39 is 0 Å². The van der Waals surface area contributed by atoms with Crippen molar-refractivity contribution in [2.45, 2.75) is 13.0 Å². The molecule has 0 unspecified atom stereocenters. The first-order valence-electron chi connectivity index (χ1n) is 9.45. The molecule has 4 aromatic rings. The summed E-state index contributed by atoms with van der Waals surface area (Å²) in [5.41, 5.74) is 1.14. The third-order valence-electron chi connectivity index (χ3n) is 5.13. The first-order valence-corrected chi connectivity index (χ1v) is 9.45. The van der Waals surface area contributed by atoms with Crippen LogP contribution in [0.5, 0.6) is 0 Å². The van der Waals surface area contributed by atoms with E-state index in [0.717, 1.165) is 18.5 Å². The number of carbonyl (C=O) groups is 1. The standard InChI is InChI=1S/C23H25N3O/c1-26(2)14-4-13-24-23(27)25-15-19-10-9-18-8-7-16-5-3-6-17-11-12-20(19)22(18)21(16)17/h3,5-12H,4,13-15H2,1-2H3,(H2,24,25,27). The van der Waals surface area contributed by atoms with Gasteiger partial charge in [0.15, 0.2) is 0 Å². The number of hydrogen-bond acceptors (Lipinski definition) is 2. The van der Waals surface area contributed by atoms with Crippen LogP contribution in [0.2, 0.25) is 0 Å². The lowest BCUT2D eigenvalue weighted by Crippen LogP contribution is -2.36. The lowest BCUT2D eigenvalue weighted by Gasteiger charge is -2.15. The molecule has 0 aliphatic rings. The van der Waals surface area contributed by atoms with Gasteiger partial charge in [-0.05, 0) is 64.9 Å². The molecule has 0 bridgehead atoms.